The Bertz CT molecular complexity index is 1850. The number of carbonyl (C=O) groups excluding carboxylic acids is 1. The Balaban J connectivity index is 1.20. The topological polar surface area (TPSA) is 48.0 Å². The fourth-order valence-electron chi connectivity index (χ4n) is 7.51. The quantitative estimate of drug-likeness (QED) is 0.0910. The molecule has 0 radical (unpaired) electrons. The molecular weight excluding hydrogens is 643 g/mol. The lowest BCUT2D eigenvalue weighted by molar-refractivity contribution is -0.156. The number of hydrogen-bond donors (Lipinski definition) is 0. The van der Waals surface area contributed by atoms with Crippen LogP contribution in [0.15, 0.2) is 121 Å². The normalized spacial score (nSPS) is 14.3. The zero-order valence-electron chi connectivity index (χ0n) is 31.1. The second-order valence-corrected chi connectivity index (χ2v) is 13.8. The highest BCUT2D eigenvalue weighted by Gasteiger charge is 2.28. The van der Waals surface area contributed by atoms with E-state index in [4.69, 9.17) is 14.2 Å². The molecule has 0 bridgehead atoms. The Morgan fingerprint density at radius 3 is 2.06 bits per heavy atom. The molecule has 1 aliphatic rings. The summed E-state index contributed by atoms with van der Waals surface area (Å²) < 4.78 is 17.2. The monoisotopic (exact) mass is 695 g/mol. The number of nitrogens with zero attached hydrogens (tertiary/aromatic N) is 1. The van der Waals surface area contributed by atoms with Crippen molar-refractivity contribution >= 4 is 5.97 Å². The first-order valence-electron chi connectivity index (χ1n) is 19.0. The van der Waals surface area contributed by atoms with Crippen molar-refractivity contribution < 1.29 is 19.0 Å². The fraction of sp³-hybridized carbons (Fsp3) is 0.340. The van der Waals surface area contributed by atoms with E-state index in [-0.39, 0.29) is 12.0 Å². The number of likely N-dealkylation sites (N-methyl/N-ethyl adjacent to an activating group) is 1. The third-order valence-corrected chi connectivity index (χ3v) is 10.2. The molecule has 0 aromatic heterocycles. The Hall–Kier alpha value is -4.71. The van der Waals surface area contributed by atoms with Gasteiger partial charge in [0.1, 0.15) is 12.4 Å². The third kappa shape index (κ3) is 9.78. The Morgan fingerprint density at radius 1 is 0.692 bits per heavy atom. The molecular formula is C47H53NO4. The molecule has 0 spiro atoms. The van der Waals surface area contributed by atoms with Gasteiger partial charge in [0.15, 0.2) is 6.10 Å². The standard InChI is InChI=1S/C47H53NO4/c1-4-50-45(47(49)51-5-2)34-38-23-28-41(29-24-38)52-32-31-48(3)46-43-18-12-17-39(25-21-36-15-10-7-11-16-36)42(43)30-27-40-26-22-37(33-44(40)46)20-19-35-13-8-6-9-14-35/h6-18,22-24,26,28-29,33,45-46H,4-5,19-21,25,27,30-32,34H2,1-3H3. The van der Waals surface area contributed by atoms with E-state index in [1.165, 1.54) is 44.5 Å². The molecule has 52 heavy (non-hydrogen) atoms. The van der Waals surface area contributed by atoms with E-state index >= 15 is 0 Å². The first kappa shape index (κ1) is 37.1. The predicted octanol–water partition coefficient (Wildman–Crippen LogP) is 8.97. The highest BCUT2D eigenvalue weighted by molar-refractivity contribution is 5.75. The van der Waals surface area contributed by atoms with E-state index in [9.17, 15) is 4.79 Å². The summed E-state index contributed by atoms with van der Waals surface area (Å²) in [6.45, 7) is 5.82. The van der Waals surface area contributed by atoms with Gasteiger partial charge in [-0.15, -0.1) is 0 Å². The van der Waals surface area contributed by atoms with Crippen molar-refractivity contribution in [2.45, 2.75) is 70.9 Å². The molecule has 0 amide bonds. The number of esters is 1. The highest BCUT2D eigenvalue weighted by Crippen LogP contribution is 2.38. The van der Waals surface area contributed by atoms with Crippen LogP contribution < -0.4 is 4.74 Å². The maximum absolute atomic E-state index is 12.4. The summed E-state index contributed by atoms with van der Waals surface area (Å²) >= 11 is 0. The smallest absolute Gasteiger partial charge is 0.335 e. The van der Waals surface area contributed by atoms with Gasteiger partial charge >= 0.3 is 5.97 Å². The molecule has 0 N–H and O–H groups in total. The second-order valence-electron chi connectivity index (χ2n) is 13.8. The number of carbonyl (C=O) groups is 1. The van der Waals surface area contributed by atoms with Gasteiger partial charge < -0.3 is 14.2 Å². The molecule has 5 aromatic carbocycles. The van der Waals surface area contributed by atoms with Crippen LogP contribution in [0, 0.1) is 0 Å². The first-order valence-corrected chi connectivity index (χ1v) is 19.0. The van der Waals surface area contributed by atoms with E-state index in [2.05, 4.69) is 109 Å². The lowest BCUT2D eigenvalue weighted by Gasteiger charge is -2.31. The molecule has 0 heterocycles. The van der Waals surface area contributed by atoms with Gasteiger partial charge in [0.25, 0.3) is 0 Å². The van der Waals surface area contributed by atoms with Crippen molar-refractivity contribution in [3.8, 4) is 5.75 Å². The van der Waals surface area contributed by atoms with Crippen LogP contribution in [0.2, 0.25) is 0 Å². The summed E-state index contributed by atoms with van der Waals surface area (Å²) in [7, 11) is 2.24. The Kier molecular flexibility index (Phi) is 13.3. The van der Waals surface area contributed by atoms with Crippen molar-refractivity contribution in [3.05, 3.63) is 171 Å². The SMILES string of the molecule is CCOC(=O)C(Cc1ccc(OCCN(C)C2c3cc(CCc4ccccc4)ccc3CCc3c(CCc4ccccc4)cccc32)cc1)OCC. The summed E-state index contributed by atoms with van der Waals surface area (Å²) in [4.78, 5) is 14.8. The van der Waals surface area contributed by atoms with Crippen LogP contribution in [0.25, 0.3) is 0 Å². The summed E-state index contributed by atoms with van der Waals surface area (Å²) in [5, 5.41) is 0. The molecule has 2 atom stereocenters. The lowest BCUT2D eigenvalue weighted by Crippen LogP contribution is -2.30. The van der Waals surface area contributed by atoms with E-state index < -0.39 is 6.10 Å². The van der Waals surface area contributed by atoms with Gasteiger partial charge in [0.2, 0.25) is 0 Å². The summed E-state index contributed by atoms with van der Waals surface area (Å²) in [6.07, 6.45) is 6.07. The molecule has 6 rings (SSSR count). The van der Waals surface area contributed by atoms with Gasteiger partial charge in [-0.3, -0.25) is 4.90 Å². The minimum absolute atomic E-state index is 0.130. The molecule has 270 valence electrons. The lowest BCUT2D eigenvalue weighted by atomic mass is 9.88. The van der Waals surface area contributed by atoms with Gasteiger partial charge in [0, 0.05) is 19.6 Å². The molecule has 1 aliphatic carbocycles. The largest absolute Gasteiger partial charge is 0.492 e. The van der Waals surface area contributed by atoms with Crippen LogP contribution in [0.3, 0.4) is 0 Å². The zero-order valence-corrected chi connectivity index (χ0v) is 31.1. The molecule has 0 saturated heterocycles. The maximum Gasteiger partial charge on any atom is 0.335 e. The molecule has 2 unspecified atom stereocenters. The van der Waals surface area contributed by atoms with Crippen LogP contribution in [0.1, 0.15) is 70.0 Å². The summed E-state index contributed by atoms with van der Waals surface area (Å²) in [5.74, 6) is 0.496. The minimum atomic E-state index is -0.603. The van der Waals surface area contributed by atoms with Crippen LogP contribution in [0.4, 0.5) is 0 Å². The zero-order chi connectivity index (χ0) is 36.1. The van der Waals surface area contributed by atoms with Crippen LogP contribution >= 0.6 is 0 Å². The second kappa shape index (κ2) is 18.7. The Labute approximate surface area is 310 Å². The number of ether oxygens (including phenoxy) is 3. The van der Waals surface area contributed by atoms with Crippen molar-refractivity contribution in [2.75, 3.05) is 33.4 Å². The number of hydrogen-bond acceptors (Lipinski definition) is 5. The van der Waals surface area contributed by atoms with E-state index in [1.807, 2.05) is 38.1 Å². The van der Waals surface area contributed by atoms with Crippen molar-refractivity contribution in [1.82, 2.24) is 4.90 Å². The molecule has 0 aliphatic heterocycles. The average Bonchev–Trinajstić information content (AvgIpc) is 3.34. The number of fused-ring (bicyclic) bond motifs is 2. The van der Waals surface area contributed by atoms with E-state index in [0.717, 1.165) is 56.4 Å². The number of benzene rings is 5. The molecule has 0 saturated carbocycles. The maximum atomic E-state index is 12.4. The molecule has 5 heteroatoms. The number of rotatable bonds is 17. The molecule has 5 aromatic rings. The summed E-state index contributed by atoms with van der Waals surface area (Å²) in [6, 6.07) is 43.9. The number of aryl methyl sites for hydroxylation is 5. The van der Waals surface area contributed by atoms with Crippen LogP contribution in [0.5, 0.6) is 5.75 Å². The Morgan fingerprint density at radius 2 is 1.37 bits per heavy atom. The van der Waals surface area contributed by atoms with Crippen molar-refractivity contribution in [2.24, 2.45) is 0 Å². The third-order valence-electron chi connectivity index (χ3n) is 10.2. The van der Waals surface area contributed by atoms with Gasteiger partial charge in [-0.1, -0.05) is 109 Å². The van der Waals surface area contributed by atoms with Crippen LogP contribution in [-0.4, -0.2) is 50.4 Å². The van der Waals surface area contributed by atoms with E-state index in [1.54, 1.807) is 0 Å². The van der Waals surface area contributed by atoms with Gasteiger partial charge in [-0.2, -0.15) is 0 Å². The van der Waals surface area contributed by atoms with Gasteiger partial charge in [-0.05, 0) is 122 Å². The van der Waals surface area contributed by atoms with Crippen molar-refractivity contribution in [3.63, 3.8) is 0 Å². The van der Waals surface area contributed by atoms with Gasteiger partial charge in [0.05, 0.1) is 12.6 Å². The predicted molar refractivity (Wildman–Crippen MR) is 210 cm³/mol. The molecule has 0 fully saturated rings. The summed E-state index contributed by atoms with van der Waals surface area (Å²) in [5.41, 5.74) is 12.4. The highest BCUT2D eigenvalue weighted by atomic mass is 16.6. The van der Waals surface area contributed by atoms with Crippen molar-refractivity contribution in [1.29, 1.82) is 0 Å². The molecule has 5 nitrogen and oxygen atoms in total. The first-order chi connectivity index (χ1) is 25.5. The van der Waals surface area contributed by atoms with Crippen LogP contribution in [-0.2, 0) is 59.2 Å². The fourth-order valence-corrected chi connectivity index (χ4v) is 7.51. The minimum Gasteiger partial charge on any atom is -0.492 e. The van der Waals surface area contributed by atoms with Gasteiger partial charge in [-0.25, -0.2) is 4.79 Å². The average molecular weight is 696 g/mol. The van der Waals surface area contributed by atoms with E-state index in [0.29, 0.717) is 26.2 Å².